The Hall–Kier alpha value is -2.50. The zero-order valence-electron chi connectivity index (χ0n) is 10.9. The summed E-state index contributed by atoms with van der Waals surface area (Å²) in [5.41, 5.74) is 6.71. The smallest absolute Gasteiger partial charge is 0.254 e. The lowest BCUT2D eigenvalue weighted by molar-refractivity contribution is -0.688. The average molecular weight is 258 g/mol. The summed E-state index contributed by atoms with van der Waals surface area (Å²) < 4.78 is 3.68. The molecule has 0 aliphatic heterocycles. The van der Waals surface area contributed by atoms with Crippen LogP contribution in [0.2, 0.25) is 0 Å². The van der Waals surface area contributed by atoms with Crippen LogP contribution in [0.15, 0.2) is 30.7 Å². The highest BCUT2D eigenvalue weighted by atomic mass is 16.1. The number of nitrogens with one attached hydrogen (secondary N) is 1. The van der Waals surface area contributed by atoms with Gasteiger partial charge >= 0.3 is 0 Å². The lowest BCUT2D eigenvalue weighted by atomic mass is 10.2. The molecule has 0 aliphatic rings. The summed E-state index contributed by atoms with van der Waals surface area (Å²) in [5.74, 6) is 0.317. The van der Waals surface area contributed by atoms with Crippen LogP contribution in [-0.2, 0) is 13.6 Å². The fourth-order valence-electron chi connectivity index (χ4n) is 1.78. The van der Waals surface area contributed by atoms with Crippen molar-refractivity contribution < 1.29 is 9.36 Å². The summed E-state index contributed by atoms with van der Waals surface area (Å²) in [5, 5.41) is 7.87. The Morgan fingerprint density at radius 1 is 1.58 bits per heavy atom. The number of rotatable bonds is 3. The first-order valence-electron chi connectivity index (χ1n) is 5.84. The molecule has 2 rings (SSSR count). The van der Waals surface area contributed by atoms with Gasteiger partial charge in [0.1, 0.15) is 11.4 Å². The van der Waals surface area contributed by atoms with E-state index in [1.165, 1.54) is 0 Å². The Morgan fingerprint density at radius 2 is 2.32 bits per heavy atom. The maximum absolute atomic E-state index is 11.1. The van der Waals surface area contributed by atoms with Crippen LogP contribution in [0.1, 0.15) is 21.7 Å². The number of hydrogen-bond donors (Lipinski definition) is 2. The van der Waals surface area contributed by atoms with Crippen molar-refractivity contribution in [1.82, 2.24) is 9.55 Å². The van der Waals surface area contributed by atoms with Gasteiger partial charge in [0.2, 0.25) is 0 Å². The second-order valence-corrected chi connectivity index (χ2v) is 4.40. The van der Waals surface area contributed by atoms with E-state index >= 15 is 0 Å². The predicted molar refractivity (Wildman–Crippen MR) is 68.1 cm³/mol. The maximum Gasteiger partial charge on any atom is 0.254 e. The van der Waals surface area contributed by atoms with Crippen molar-refractivity contribution in [3.63, 3.8) is 0 Å². The molecule has 0 atom stereocenters. The van der Waals surface area contributed by atoms with Gasteiger partial charge in [-0.25, -0.2) is 4.98 Å². The van der Waals surface area contributed by atoms with E-state index in [9.17, 15) is 4.79 Å². The first-order valence-corrected chi connectivity index (χ1v) is 5.84. The van der Waals surface area contributed by atoms with Crippen molar-refractivity contribution >= 4 is 5.91 Å². The number of aromatic nitrogens is 3. The van der Waals surface area contributed by atoms with Crippen molar-refractivity contribution in [3.8, 4) is 0 Å². The van der Waals surface area contributed by atoms with Gasteiger partial charge in [0.15, 0.2) is 24.4 Å². The molecule has 98 valence electrons. The Kier molecular flexibility index (Phi) is 3.41. The van der Waals surface area contributed by atoms with E-state index in [1.807, 2.05) is 35.5 Å². The standard InChI is InChI=1S/C13H15N5O/c1-9-16-12(14)11(6-17(9)2)8-18-5-3-4-10(7-18)13(15)19/h3-7,14H,8H2,1-2H3,(H-,15,19)/p+1. The number of primary amides is 1. The van der Waals surface area contributed by atoms with E-state index in [0.29, 0.717) is 12.1 Å². The topological polar surface area (TPSA) is 88.6 Å². The average Bonchev–Trinajstić information content (AvgIpc) is 2.36. The molecule has 2 aromatic heterocycles. The first kappa shape index (κ1) is 12.9. The molecule has 0 radical (unpaired) electrons. The normalized spacial score (nSPS) is 10.4. The number of pyridine rings is 1. The molecule has 0 fully saturated rings. The van der Waals surface area contributed by atoms with E-state index in [2.05, 4.69) is 4.98 Å². The minimum Gasteiger partial charge on any atom is -0.365 e. The van der Waals surface area contributed by atoms with Gasteiger partial charge in [0.25, 0.3) is 5.91 Å². The van der Waals surface area contributed by atoms with Crippen LogP contribution < -0.4 is 15.8 Å². The molecule has 0 aromatic carbocycles. The van der Waals surface area contributed by atoms with Crippen molar-refractivity contribution in [1.29, 1.82) is 5.41 Å². The molecule has 1 amide bonds. The molecule has 0 bridgehead atoms. The van der Waals surface area contributed by atoms with Crippen LogP contribution >= 0.6 is 0 Å². The van der Waals surface area contributed by atoms with Crippen molar-refractivity contribution in [2.75, 3.05) is 0 Å². The number of nitrogens with two attached hydrogens (primary N) is 1. The van der Waals surface area contributed by atoms with Crippen LogP contribution in [0.5, 0.6) is 0 Å². The summed E-state index contributed by atoms with van der Waals surface area (Å²) in [6.45, 7) is 2.32. The van der Waals surface area contributed by atoms with Gasteiger partial charge in [-0.15, -0.1) is 0 Å². The third-order valence-corrected chi connectivity index (χ3v) is 2.93. The summed E-state index contributed by atoms with van der Waals surface area (Å²) in [6.07, 6.45) is 5.36. The Bertz CT molecular complexity index is 690. The van der Waals surface area contributed by atoms with Gasteiger partial charge in [0, 0.05) is 19.3 Å². The predicted octanol–water partition coefficient (Wildman–Crippen LogP) is -0.357. The quantitative estimate of drug-likeness (QED) is 0.736. The lowest BCUT2D eigenvalue weighted by Gasteiger charge is -2.05. The van der Waals surface area contributed by atoms with E-state index in [-0.39, 0.29) is 5.49 Å². The summed E-state index contributed by atoms with van der Waals surface area (Å²) in [7, 11) is 1.88. The van der Waals surface area contributed by atoms with Crippen LogP contribution in [0.3, 0.4) is 0 Å². The van der Waals surface area contributed by atoms with Crippen LogP contribution in [-0.4, -0.2) is 15.5 Å². The molecule has 6 heteroatoms. The summed E-state index contributed by atoms with van der Waals surface area (Å²) >= 11 is 0. The molecule has 0 saturated heterocycles. The molecule has 0 aliphatic carbocycles. The Labute approximate surface area is 110 Å². The summed E-state index contributed by atoms with van der Waals surface area (Å²) in [6, 6.07) is 3.42. The van der Waals surface area contributed by atoms with Crippen LogP contribution in [0, 0.1) is 12.3 Å². The molecule has 0 saturated carbocycles. The zero-order chi connectivity index (χ0) is 14.0. The SMILES string of the molecule is Cc1nc(=N)c(C[n+]2cccc(C(N)=O)c2)cn1C. The second kappa shape index (κ2) is 5.01. The molecular weight excluding hydrogens is 242 g/mol. The first-order chi connectivity index (χ1) is 8.97. The highest BCUT2D eigenvalue weighted by Crippen LogP contribution is 1.96. The molecule has 2 aromatic rings. The highest BCUT2D eigenvalue weighted by Gasteiger charge is 2.10. The number of carbonyl (C=O) groups excluding carboxylic acids is 1. The minimum atomic E-state index is -0.465. The fraction of sp³-hybridized carbons (Fsp3) is 0.231. The fourth-order valence-corrected chi connectivity index (χ4v) is 1.78. The van der Waals surface area contributed by atoms with Crippen molar-refractivity contribution in [2.24, 2.45) is 12.8 Å². The molecule has 2 heterocycles. The van der Waals surface area contributed by atoms with Gasteiger partial charge in [0.05, 0.1) is 5.56 Å². The van der Waals surface area contributed by atoms with Gasteiger partial charge < -0.3 is 10.3 Å². The van der Waals surface area contributed by atoms with Gasteiger partial charge in [-0.2, -0.15) is 4.57 Å². The van der Waals surface area contributed by atoms with Crippen molar-refractivity contribution in [3.05, 3.63) is 53.2 Å². The van der Waals surface area contributed by atoms with Crippen LogP contribution in [0.25, 0.3) is 0 Å². The van der Waals surface area contributed by atoms with E-state index in [1.54, 1.807) is 18.3 Å². The number of aryl methyl sites for hydroxylation is 2. The molecule has 3 N–H and O–H groups in total. The molecule has 0 unspecified atom stereocenters. The van der Waals surface area contributed by atoms with E-state index in [0.717, 1.165) is 11.4 Å². The van der Waals surface area contributed by atoms with Gasteiger partial charge in [-0.1, -0.05) is 0 Å². The minimum absolute atomic E-state index is 0.243. The number of carbonyl (C=O) groups is 1. The monoisotopic (exact) mass is 258 g/mol. The second-order valence-electron chi connectivity index (χ2n) is 4.40. The molecular formula is C13H16N5O+. The van der Waals surface area contributed by atoms with Crippen molar-refractivity contribution in [2.45, 2.75) is 13.5 Å². The van der Waals surface area contributed by atoms with E-state index < -0.39 is 5.91 Å². The van der Waals surface area contributed by atoms with Crippen LogP contribution in [0.4, 0.5) is 0 Å². The lowest BCUT2D eigenvalue weighted by Crippen LogP contribution is -2.38. The molecule has 6 nitrogen and oxygen atoms in total. The number of amides is 1. The molecule has 19 heavy (non-hydrogen) atoms. The third kappa shape index (κ3) is 2.85. The largest absolute Gasteiger partial charge is 0.365 e. The third-order valence-electron chi connectivity index (χ3n) is 2.93. The van der Waals surface area contributed by atoms with Gasteiger partial charge in [-0.05, 0) is 13.0 Å². The zero-order valence-corrected chi connectivity index (χ0v) is 10.9. The number of nitrogens with zero attached hydrogens (tertiary/aromatic N) is 3. The maximum atomic E-state index is 11.1. The number of hydrogen-bond acceptors (Lipinski definition) is 3. The highest BCUT2D eigenvalue weighted by molar-refractivity contribution is 5.92. The Balaban J connectivity index is 2.36. The van der Waals surface area contributed by atoms with E-state index in [4.69, 9.17) is 11.1 Å². The molecule has 0 spiro atoms. The van der Waals surface area contributed by atoms with Gasteiger partial charge in [-0.3, -0.25) is 10.2 Å². The summed E-state index contributed by atoms with van der Waals surface area (Å²) in [4.78, 5) is 15.3. The Morgan fingerprint density at radius 3 is 3.00 bits per heavy atom.